The van der Waals surface area contributed by atoms with E-state index in [2.05, 4.69) is 20.9 Å². The summed E-state index contributed by atoms with van der Waals surface area (Å²) in [7, 11) is 0. The summed E-state index contributed by atoms with van der Waals surface area (Å²) in [6.45, 7) is 4.20. The standard InChI is InChI=1S/C11H15BrN2O2/c1-7-9(13)4-14-11(10(7)12)16-6-8-2-3-15-5-8/h4,8H,2-3,5-6,13H2,1H3. The van der Waals surface area contributed by atoms with Crippen LogP contribution in [-0.2, 0) is 4.74 Å². The van der Waals surface area contributed by atoms with Gasteiger partial charge in [-0.15, -0.1) is 0 Å². The zero-order chi connectivity index (χ0) is 11.5. The SMILES string of the molecule is Cc1c(N)cnc(OCC2CCOC2)c1Br. The van der Waals surface area contributed by atoms with E-state index in [0.717, 1.165) is 29.7 Å². The molecule has 1 aliphatic heterocycles. The summed E-state index contributed by atoms with van der Waals surface area (Å²) >= 11 is 3.44. The van der Waals surface area contributed by atoms with Crippen LogP contribution >= 0.6 is 15.9 Å². The first kappa shape index (κ1) is 11.7. The van der Waals surface area contributed by atoms with Gasteiger partial charge in [0.05, 0.1) is 29.6 Å². The summed E-state index contributed by atoms with van der Waals surface area (Å²) in [6, 6.07) is 0. The first-order chi connectivity index (χ1) is 7.68. The van der Waals surface area contributed by atoms with Gasteiger partial charge in [0.25, 0.3) is 0 Å². The maximum atomic E-state index is 5.74. The van der Waals surface area contributed by atoms with Gasteiger partial charge in [-0.3, -0.25) is 0 Å². The van der Waals surface area contributed by atoms with Crippen molar-refractivity contribution in [3.05, 3.63) is 16.2 Å². The van der Waals surface area contributed by atoms with E-state index in [9.17, 15) is 0 Å². The molecular formula is C11H15BrN2O2. The lowest BCUT2D eigenvalue weighted by molar-refractivity contribution is 0.165. The van der Waals surface area contributed by atoms with Gasteiger partial charge in [-0.2, -0.15) is 0 Å². The van der Waals surface area contributed by atoms with Crippen molar-refractivity contribution in [2.24, 2.45) is 5.92 Å². The molecule has 0 bridgehead atoms. The zero-order valence-electron chi connectivity index (χ0n) is 9.20. The molecule has 0 aliphatic carbocycles. The molecule has 2 N–H and O–H groups in total. The molecule has 0 spiro atoms. The van der Waals surface area contributed by atoms with E-state index in [4.69, 9.17) is 15.2 Å². The number of anilines is 1. The van der Waals surface area contributed by atoms with Crippen LogP contribution < -0.4 is 10.5 Å². The topological polar surface area (TPSA) is 57.4 Å². The number of rotatable bonds is 3. The summed E-state index contributed by atoms with van der Waals surface area (Å²) in [4.78, 5) is 4.16. The molecule has 2 rings (SSSR count). The Kier molecular flexibility index (Phi) is 3.66. The van der Waals surface area contributed by atoms with Crippen LogP contribution in [0.5, 0.6) is 5.88 Å². The van der Waals surface area contributed by atoms with Crippen molar-refractivity contribution in [3.8, 4) is 5.88 Å². The number of ether oxygens (including phenoxy) is 2. The van der Waals surface area contributed by atoms with Crippen molar-refractivity contribution >= 4 is 21.6 Å². The van der Waals surface area contributed by atoms with E-state index in [1.807, 2.05) is 6.92 Å². The minimum atomic E-state index is 0.478. The molecule has 2 heterocycles. The van der Waals surface area contributed by atoms with Crippen molar-refractivity contribution < 1.29 is 9.47 Å². The molecule has 88 valence electrons. The smallest absolute Gasteiger partial charge is 0.228 e. The maximum absolute atomic E-state index is 5.74. The van der Waals surface area contributed by atoms with Crippen LogP contribution in [-0.4, -0.2) is 24.8 Å². The summed E-state index contributed by atoms with van der Waals surface area (Å²) in [5, 5.41) is 0. The Morgan fingerprint density at radius 3 is 3.19 bits per heavy atom. The summed E-state index contributed by atoms with van der Waals surface area (Å²) < 4.78 is 11.8. The highest BCUT2D eigenvalue weighted by molar-refractivity contribution is 9.10. The van der Waals surface area contributed by atoms with Crippen molar-refractivity contribution in [3.63, 3.8) is 0 Å². The molecule has 1 unspecified atom stereocenters. The second-order valence-electron chi connectivity index (χ2n) is 4.00. The molecule has 1 aromatic heterocycles. The Balaban J connectivity index is 2.01. The van der Waals surface area contributed by atoms with Gasteiger partial charge < -0.3 is 15.2 Å². The lowest BCUT2D eigenvalue weighted by Gasteiger charge is -2.12. The Morgan fingerprint density at radius 1 is 1.69 bits per heavy atom. The third kappa shape index (κ3) is 2.47. The number of halogens is 1. The molecule has 1 aromatic rings. The first-order valence-corrected chi connectivity index (χ1v) is 6.09. The minimum Gasteiger partial charge on any atom is -0.476 e. The monoisotopic (exact) mass is 286 g/mol. The largest absolute Gasteiger partial charge is 0.476 e. The van der Waals surface area contributed by atoms with Gasteiger partial charge in [-0.25, -0.2) is 4.98 Å². The van der Waals surface area contributed by atoms with Crippen LogP contribution in [0.4, 0.5) is 5.69 Å². The van der Waals surface area contributed by atoms with Crippen LogP contribution in [0.1, 0.15) is 12.0 Å². The van der Waals surface area contributed by atoms with E-state index in [1.54, 1.807) is 6.20 Å². The molecule has 0 amide bonds. The van der Waals surface area contributed by atoms with Crippen LogP contribution in [0.15, 0.2) is 10.7 Å². The van der Waals surface area contributed by atoms with Gasteiger partial charge in [0.1, 0.15) is 0 Å². The number of hydrogen-bond donors (Lipinski definition) is 1. The fourth-order valence-corrected chi connectivity index (χ4v) is 2.03. The average molecular weight is 287 g/mol. The molecule has 4 nitrogen and oxygen atoms in total. The number of nitrogens with zero attached hydrogens (tertiary/aromatic N) is 1. The highest BCUT2D eigenvalue weighted by atomic mass is 79.9. The molecule has 1 atom stereocenters. The fraction of sp³-hybridized carbons (Fsp3) is 0.545. The quantitative estimate of drug-likeness (QED) is 0.925. The Labute approximate surface area is 103 Å². The summed E-state index contributed by atoms with van der Waals surface area (Å²) in [5.41, 5.74) is 7.38. The summed E-state index contributed by atoms with van der Waals surface area (Å²) in [5.74, 6) is 1.09. The predicted octanol–water partition coefficient (Wildman–Crippen LogP) is 2.15. The Bertz CT molecular complexity index is 378. The molecule has 0 saturated carbocycles. The van der Waals surface area contributed by atoms with Crippen LogP contribution in [0.3, 0.4) is 0 Å². The van der Waals surface area contributed by atoms with Crippen molar-refractivity contribution in [2.75, 3.05) is 25.6 Å². The van der Waals surface area contributed by atoms with E-state index in [0.29, 0.717) is 24.1 Å². The van der Waals surface area contributed by atoms with Crippen molar-refractivity contribution in [1.29, 1.82) is 0 Å². The van der Waals surface area contributed by atoms with E-state index < -0.39 is 0 Å². The van der Waals surface area contributed by atoms with E-state index in [-0.39, 0.29) is 0 Å². The van der Waals surface area contributed by atoms with Crippen molar-refractivity contribution in [2.45, 2.75) is 13.3 Å². The van der Waals surface area contributed by atoms with Gasteiger partial charge >= 0.3 is 0 Å². The minimum absolute atomic E-state index is 0.478. The zero-order valence-corrected chi connectivity index (χ0v) is 10.8. The van der Waals surface area contributed by atoms with Crippen molar-refractivity contribution in [1.82, 2.24) is 4.98 Å². The molecular weight excluding hydrogens is 272 g/mol. The lowest BCUT2D eigenvalue weighted by Crippen LogP contribution is -2.13. The number of nitrogen functional groups attached to an aromatic ring is 1. The van der Waals surface area contributed by atoms with Gasteiger partial charge in [0.15, 0.2) is 0 Å². The molecule has 0 radical (unpaired) electrons. The fourth-order valence-electron chi connectivity index (χ4n) is 1.58. The van der Waals surface area contributed by atoms with E-state index in [1.165, 1.54) is 0 Å². The second-order valence-corrected chi connectivity index (χ2v) is 4.79. The van der Waals surface area contributed by atoms with E-state index >= 15 is 0 Å². The molecule has 16 heavy (non-hydrogen) atoms. The number of hydrogen-bond acceptors (Lipinski definition) is 4. The normalized spacial score (nSPS) is 20.0. The molecule has 1 aliphatic rings. The predicted molar refractivity (Wildman–Crippen MR) is 65.5 cm³/mol. The highest BCUT2D eigenvalue weighted by Gasteiger charge is 2.17. The molecule has 5 heteroatoms. The lowest BCUT2D eigenvalue weighted by atomic mass is 10.1. The summed E-state index contributed by atoms with van der Waals surface area (Å²) in [6.07, 6.45) is 2.69. The first-order valence-electron chi connectivity index (χ1n) is 5.29. The average Bonchev–Trinajstić information content (AvgIpc) is 2.78. The van der Waals surface area contributed by atoms with Crippen LogP contribution in [0.2, 0.25) is 0 Å². The third-order valence-corrected chi connectivity index (χ3v) is 3.68. The molecule has 1 fully saturated rings. The Morgan fingerprint density at radius 2 is 2.50 bits per heavy atom. The van der Waals surface area contributed by atoms with Gasteiger partial charge in [0, 0.05) is 12.5 Å². The van der Waals surface area contributed by atoms with Crippen LogP contribution in [0.25, 0.3) is 0 Å². The second kappa shape index (κ2) is 5.01. The van der Waals surface area contributed by atoms with Gasteiger partial charge in [-0.1, -0.05) is 0 Å². The maximum Gasteiger partial charge on any atom is 0.228 e. The molecule has 1 saturated heterocycles. The highest BCUT2D eigenvalue weighted by Crippen LogP contribution is 2.30. The van der Waals surface area contributed by atoms with Gasteiger partial charge in [0.2, 0.25) is 5.88 Å². The number of pyridine rings is 1. The Hall–Kier alpha value is -0.810. The van der Waals surface area contributed by atoms with Crippen LogP contribution in [0, 0.1) is 12.8 Å². The number of nitrogens with two attached hydrogens (primary N) is 1. The molecule has 0 aromatic carbocycles. The number of aromatic nitrogens is 1. The van der Waals surface area contributed by atoms with Gasteiger partial charge in [-0.05, 0) is 34.8 Å². The third-order valence-electron chi connectivity index (χ3n) is 2.75.